The second kappa shape index (κ2) is 17.3. The average Bonchev–Trinajstić information content (AvgIpc) is 3.08. The fraction of sp³-hybridized carbons (Fsp3) is 0.286. The molecule has 0 aromatic heterocycles. The SMILES string of the molecule is O=C(O)/C=C/C(=O)O.O=C(O)/C=C/C(=O)O.OCCN1CCN(C2Cc3cc(Cl)ccc3Sc3cc(F)ccc32)CC1. The van der Waals surface area contributed by atoms with Crippen molar-refractivity contribution >= 4 is 47.2 Å². The summed E-state index contributed by atoms with van der Waals surface area (Å²) in [7, 11) is 0. The monoisotopic (exact) mass is 624 g/mol. The summed E-state index contributed by atoms with van der Waals surface area (Å²) in [5, 5.41) is 41.1. The summed E-state index contributed by atoms with van der Waals surface area (Å²) >= 11 is 7.87. The first kappa shape index (κ1) is 34.5. The molecule has 42 heavy (non-hydrogen) atoms. The van der Waals surface area contributed by atoms with Crippen molar-refractivity contribution in [1.29, 1.82) is 0 Å². The lowest BCUT2D eigenvalue weighted by Gasteiger charge is -2.39. The lowest BCUT2D eigenvalue weighted by molar-refractivity contribution is -0.134. The van der Waals surface area contributed by atoms with Crippen molar-refractivity contribution in [2.24, 2.45) is 0 Å². The number of aliphatic hydroxyl groups excluding tert-OH is 1. The molecule has 0 radical (unpaired) electrons. The first-order valence-corrected chi connectivity index (χ1v) is 13.7. The zero-order valence-corrected chi connectivity index (χ0v) is 23.8. The van der Waals surface area contributed by atoms with Gasteiger partial charge in [-0.2, -0.15) is 0 Å². The predicted octanol–water partition coefficient (Wildman–Crippen LogP) is 3.26. The zero-order chi connectivity index (χ0) is 31.2. The number of halogens is 2. The molecule has 4 rings (SSSR count). The number of piperazine rings is 1. The van der Waals surface area contributed by atoms with Crippen LogP contribution in [0.3, 0.4) is 0 Å². The van der Waals surface area contributed by atoms with Gasteiger partial charge in [0.15, 0.2) is 0 Å². The third kappa shape index (κ3) is 12.0. The second-order valence-electron chi connectivity index (χ2n) is 8.88. The highest BCUT2D eigenvalue weighted by Crippen LogP contribution is 2.43. The molecule has 0 spiro atoms. The molecule has 2 heterocycles. The summed E-state index contributed by atoms with van der Waals surface area (Å²) in [6.07, 6.45) is 3.11. The van der Waals surface area contributed by atoms with Gasteiger partial charge in [-0.3, -0.25) is 9.80 Å². The number of carboxylic acid groups (broad SMARTS) is 4. The van der Waals surface area contributed by atoms with Crippen molar-refractivity contribution in [3.05, 3.63) is 82.7 Å². The number of fused-ring (bicyclic) bond motifs is 2. The Hall–Kier alpha value is -3.75. The Labute approximate surface area is 250 Å². The second-order valence-corrected chi connectivity index (χ2v) is 10.4. The molecule has 14 heteroatoms. The van der Waals surface area contributed by atoms with E-state index in [0.29, 0.717) is 24.3 Å². The summed E-state index contributed by atoms with van der Waals surface area (Å²) in [6.45, 7) is 4.72. The third-order valence-electron chi connectivity index (χ3n) is 5.99. The van der Waals surface area contributed by atoms with Gasteiger partial charge in [0.1, 0.15) is 5.82 Å². The van der Waals surface area contributed by atoms with Gasteiger partial charge in [0.25, 0.3) is 0 Å². The molecular formula is C28H30ClFN2O9S. The first-order chi connectivity index (χ1) is 19.9. The fourth-order valence-corrected chi connectivity index (χ4v) is 5.50. The van der Waals surface area contributed by atoms with Crippen LogP contribution in [0.5, 0.6) is 0 Å². The Morgan fingerprint density at radius 1 is 0.833 bits per heavy atom. The lowest BCUT2D eigenvalue weighted by Crippen LogP contribution is -2.48. The van der Waals surface area contributed by atoms with Gasteiger partial charge >= 0.3 is 23.9 Å². The van der Waals surface area contributed by atoms with E-state index in [4.69, 9.17) is 37.1 Å². The first-order valence-electron chi connectivity index (χ1n) is 12.5. The third-order valence-corrected chi connectivity index (χ3v) is 7.42. The predicted molar refractivity (Wildman–Crippen MR) is 152 cm³/mol. The van der Waals surface area contributed by atoms with E-state index in [2.05, 4.69) is 9.80 Å². The maximum Gasteiger partial charge on any atom is 0.328 e. The van der Waals surface area contributed by atoms with Crippen molar-refractivity contribution in [3.8, 4) is 0 Å². The number of nitrogens with zero attached hydrogens (tertiary/aromatic N) is 2. The topological polar surface area (TPSA) is 176 Å². The van der Waals surface area contributed by atoms with Crippen LogP contribution in [0.25, 0.3) is 0 Å². The summed E-state index contributed by atoms with van der Waals surface area (Å²) in [4.78, 5) is 45.1. The van der Waals surface area contributed by atoms with Crippen molar-refractivity contribution in [1.82, 2.24) is 9.80 Å². The Morgan fingerprint density at radius 2 is 1.38 bits per heavy atom. The molecule has 226 valence electrons. The van der Waals surface area contributed by atoms with E-state index in [0.717, 1.165) is 54.0 Å². The number of hydrogen-bond donors (Lipinski definition) is 5. The molecule has 5 N–H and O–H groups in total. The smallest absolute Gasteiger partial charge is 0.328 e. The highest BCUT2D eigenvalue weighted by Gasteiger charge is 2.30. The largest absolute Gasteiger partial charge is 0.478 e. The molecule has 1 fully saturated rings. The summed E-state index contributed by atoms with van der Waals surface area (Å²) in [6, 6.07) is 11.4. The molecule has 1 saturated heterocycles. The van der Waals surface area contributed by atoms with Gasteiger partial charge in [-0.1, -0.05) is 29.4 Å². The van der Waals surface area contributed by atoms with Crippen LogP contribution in [0, 0.1) is 5.82 Å². The normalized spacial score (nSPS) is 16.7. The molecule has 2 aromatic carbocycles. The van der Waals surface area contributed by atoms with E-state index in [-0.39, 0.29) is 18.5 Å². The lowest BCUT2D eigenvalue weighted by atomic mass is 9.96. The molecule has 2 aliphatic heterocycles. The Kier molecular flexibility index (Phi) is 14.2. The van der Waals surface area contributed by atoms with Crippen LogP contribution < -0.4 is 0 Å². The maximum atomic E-state index is 13.9. The number of β-amino-alcohol motifs (C(OH)–C–C–N with tert-alkyl or cyclic N) is 1. The van der Waals surface area contributed by atoms with Crippen LogP contribution in [0.1, 0.15) is 17.2 Å². The number of benzene rings is 2. The van der Waals surface area contributed by atoms with E-state index in [1.165, 1.54) is 11.1 Å². The highest BCUT2D eigenvalue weighted by atomic mass is 35.5. The molecule has 0 bridgehead atoms. The number of carboxylic acids is 4. The summed E-state index contributed by atoms with van der Waals surface area (Å²) in [5.74, 6) is -5.22. The standard InChI is InChI=1S/C20H22ClFN2OS.2C4H4O4/c21-15-1-4-19-14(11-15)12-18(17-3-2-16(22)13-20(17)26-19)24-7-5-23(6-8-24)9-10-25;2*5-3(6)1-2-4(7)8/h1-4,11,13,18,25H,5-10,12H2;2*1-2H,(H,5,6)(H,7,8)/b;2*2-1+. The van der Waals surface area contributed by atoms with Crippen molar-refractivity contribution in [2.75, 3.05) is 39.3 Å². The van der Waals surface area contributed by atoms with Crippen LogP contribution in [-0.4, -0.2) is 98.5 Å². The molecule has 2 aromatic rings. The average molecular weight is 625 g/mol. The van der Waals surface area contributed by atoms with Crippen LogP contribution in [0.2, 0.25) is 5.02 Å². The molecule has 1 unspecified atom stereocenters. The van der Waals surface area contributed by atoms with Gasteiger partial charge in [0.05, 0.1) is 6.61 Å². The van der Waals surface area contributed by atoms with Gasteiger partial charge in [0.2, 0.25) is 0 Å². The van der Waals surface area contributed by atoms with Gasteiger partial charge in [0, 0.05) is 77.9 Å². The number of hydrogen-bond acceptors (Lipinski definition) is 8. The molecule has 11 nitrogen and oxygen atoms in total. The minimum absolute atomic E-state index is 0.194. The van der Waals surface area contributed by atoms with E-state index < -0.39 is 23.9 Å². The molecule has 0 amide bonds. The molecule has 1 atom stereocenters. The number of rotatable bonds is 7. The van der Waals surface area contributed by atoms with E-state index in [1.807, 2.05) is 24.3 Å². The van der Waals surface area contributed by atoms with E-state index in [9.17, 15) is 23.6 Å². The van der Waals surface area contributed by atoms with Crippen molar-refractivity contribution < 1.29 is 49.1 Å². The van der Waals surface area contributed by atoms with Crippen LogP contribution >= 0.6 is 23.4 Å². The summed E-state index contributed by atoms with van der Waals surface area (Å²) < 4.78 is 13.9. The van der Waals surface area contributed by atoms with Gasteiger partial charge in [-0.05, 0) is 47.9 Å². The molecular weight excluding hydrogens is 595 g/mol. The van der Waals surface area contributed by atoms with Crippen LogP contribution in [-0.2, 0) is 25.6 Å². The molecule has 0 saturated carbocycles. The van der Waals surface area contributed by atoms with Crippen molar-refractivity contribution in [2.45, 2.75) is 22.3 Å². The van der Waals surface area contributed by atoms with E-state index >= 15 is 0 Å². The Morgan fingerprint density at radius 3 is 1.88 bits per heavy atom. The highest BCUT2D eigenvalue weighted by molar-refractivity contribution is 7.99. The van der Waals surface area contributed by atoms with Crippen LogP contribution in [0.4, 0.5) is 4.39 Å². The number of aliphatic carboxylic acids is 4. The van der Waals surface area contributed by atoms with Gasteiger partial charge < -0.3 is 25.5 Å². The maximum absolute atomic E-state index is 13.9. The van der Waals surface area contributed by atoms with E-state index in [1.54, 1.807) is 23.9 Å². The fourth-order valence-electron chi connectivity index (χ4n) is 4.17. The van der Waals surface area contributed by atoms with Crippen LogP contribution in [0.15, 0.2) is 70.5 Å². The zero-order valence-electron chi connectivity index (χ0n) is 22.2. The minimum Gasteiger partial charge on any atom is -0.478 e. The van der Waals surface area contributed by atoms with Crippen molar-refractivity contribution in [3.63, 3.8) is 0 Å². The Bertz CT molecular complexity index is 1260. The quantitative estimate of drug-likeness (QED) is 0.285. The Balaban J connectivity index is 0.000000319. The summed E-state index contributed by atoms with van der Waals surface area (Å²) in [5.41, 5.74) is 2.42. The number of carbonyl (C=O) groups is 4. The number of aliphatic hydroxyl groups is 1. The minimum atomic E-state index is -1.26. The molecule has 2 aliphatic rings. The van der Waals surface area contributed by atoms with Gasteiger partial charge in [-0.15, -0.1) is 0 Å². The van der Waals surface area contributed by atoms with Gasteiger partial charge in [-0.25, -0.2) is 23.6 Å². The molecule has 0 aliphatic carbocycles.